The van der Waals surface area contributed by atoms with Crippen molar-refractivity contribution in [3.05, 3.63) is 59.9 Å². The Bertz CT molecular complexity index is 732. The highest BCUT2D eigenvalue weighted by Gasteiger charge is 2.21. The average molecular weight is 413 g/mol. The second-order valence-electron chi connectivity index (χ2n) is 7.54. The third kappa shape index (κ3) is 7.14. The fourth-order valence-electron chi connectivity index (χ4n) is 3.74. The van der Waals surface area contributed by atoms with Crippen LogP contribution in [0.1, 0.15) is 36.4 Å². The summed E-state index contributed by atoms with van der Waals surface area (Å²) in [6.07, 6.45) is 10.0. The number of carbonyl (C=O) groups is 1. The minimum absolute atomic E-state index is 0.0428. The van der Waals surface area contributed by atoms with Crippen LogP contribution >= 0.6 is 11.8 Å². The van der Waals surface area contributed by atoms with Gasteiger partial charge in [-0.05, 0) is 92.9 Å². The van der Waals surface area contributed by atoms with Crippen LogP contribution < -0.4 is 16.0 Å². The van der Waals surface area contributed by atoms with Gasteiger partial charge >= 0.3 is 0 Å². The molecule has 1 amide bonds. The van der Waals surface area contributed by atoms with Crippen LogP contribution in [-0.2, 0) is 11.2 Å². The molecule has 0 aliphatic carbocycles. The molecule has 1 aliphatic rings. The van der Waals surface area contributed by atoms with Gasteiger partial charge in [0.05, 0.1) is 0 Å². The van der Waals surface area contributed by atoms with Gasteiger partial charge in [-0.3, -0.25) is 9.78 Å². The third-order valence-corrected chi connectivity index (χ3v) is 6.28. The van der Waals surface area contributed by atoms with E-state index in [1.807, 2.05) is 12.1 Å². The number of carbonyl (C=O) groups excluding carboxylic acids is 1. The Hall–Kier alpha value is -1.89. The van der Waals surface area contributed by atoms with E-state index < -0.39 is 0 Å². The number of rotatable bonds is 10. The lowest BCUT2D eigenvalue weighted by Gasteiger charge is -2.24. The highest BCUT2D eigenvalue weighted by molar-refractivity contribution is 7.98. The van der Waals surface area contributed by atoms with E-state index >= 15 is 0 Å². The van der Waals surface area contributed by atoms with Crippen molar-refractivity contribution in [2.24, 2.45) is 5.92 Å². The first-order valence-corrected chi connectivity index (χ1v) is 11.7. The van der Waals surface area contributed by atoms with Crippen LogP contribution in [0.5, 0.6) is 0 Å². The molecule has 156 valence electrons. The number of hydrogen-bond donors (Lipinski definition) is 3. The summed E-state index contributed by atoms with van der Waals surface area (Å²) in [4.78, 5) is 18.2. The largest absolute Gasteiger partial charge is 0.354 e. The molecule has 0 bridgehead atoms. The molecule has 6 heteroatoms. The van der Waals surface area contributed by atoms with Crippen molar-refractivity contribution >= 4 is 17.7 Å². The number of piperidine rings is 1. The molecule has 1 aliphatic heterocycles. The first-order chi connectivity index (χ1) is 14.3. The Labute approximate surface area is 178 Å². The number of hydrogen-bond acceptors (Lipinski definition) is 5. The molecule has 0 radical (unpaired) electrons. The molecule has 29 heavy (non-hydrogen) atoms. The maximum atomic E-state index is 13.0. The van der Waals surface area contributed by atoms with Gasteiger partial charge in [0.25, 0.3) is 0 Å². The van der Waals surface area contributed by atoms with E-state index in [0.717, 1.165) is 44.0 Å². The smallest absolute Gasteiger partial charge is 0.241 e. The summed E-state index contributed by atoms with van der Waals surface area (Å²) in [5, 5.41) is 10.0. The first kappa shape index (κ1) is 21.8. The summed E-state index contributed by atoms with van der Waals surface area (Å²) in [7, 11) is 0. The maximum absolute atomic E-state index is 13.0. The third-order valence-electron chi connectivity index (χ3n) is 5.53. The molecule has 2 aromatic rings. The predicted octanol–water partition coefficient (Wildman–Crippen LogP) is 3.18. The van der Waals surface area contributed by atoms with Crippen molar-refractivity contribution in [2.45, 2.75) is 36.6 Å². The summed E-state index contributed by atoms with van der Waals surface area (Å²) in [5.41, 5.74) is 2.20. The molecule has 1 fully saturated rings. The summed E-state index contributed by atoms with van der Waals surface area (Å²) in [5.74, 6) is 0.791. The SMILES string of the molecule is CSc1ccc(C(NCCC2CCNCC2)C(=O)NCCc2ccncc2)cc1. The number of pyridine rings is 1. The van der Waals surface area contributed by atoms with Crippen molar-refractivity contribution in [1.29, 1.82) is 0 Å². The fraction of sp³-hybridized carbons (Fsp3) is 0.478. The molecule has 0 saturated carbocycles. The van der Waals surface area contributed by atoms with E-state index in [0.29, 0.717) is 6.54 Å². The highest BCUT2D eigenvalue weighted by Crippen LogP contribution is 2.21. The van der Waals surface area contributed by atoms with Gasteiger partial charge in [0.1, 0.15) is 6.04 Å². The van der Waals surface area contributed by atoms with Gasteiger partial charge in [-0.15, -0.1) is 11.8 Å². The quantitative estimate of drug-likeness (QED) is 0.523. The summed E-state index contributed by atoms with van der Waals surface area (Å²) < 4.78 is 0. The molecule has 0 spiro atoms. The Morgan fingerprint density at radius 3 is 2.55 bits per heavy atom. The molecule has 1 aromatic heterocycles. The minimum Gasteiger partial charge on any atom is -0.354 e. The number of thioether (sulfide) groups is 1. The van der Waals surface area contributed by atoms with Crippen LogP contribution in [0.3, 0.4) is 0 Å². The normalized spacial score (nSPS) is 15.8. The van der Waals surface area contributed by atoms with Crippen LogP contribution in [0.25, 0.3) is 0 Å². The van der Waals surface area contributed by atoms with Gasteiger partial charge in [0.15, 0.2) is 0 Å². The van der Waals surface area contributed by atoms with Gasteiger partial charge in [0.2, 0.25) is 5.91 Å². The zero-order valence-electron chi connectivity index (χ0n) is 17.2. The summed E-state index contributed by atoms with van der Waals surface area (Å²) in [6.45, 7) is 3.70. The lowest BCUT2D eigenvalue weighted by atomic mass is 9.94. The lowest BCUT2D eigenvalue weighted by molar-refractivity contribution is -0.123. The standard InChI is InChI=1S/C23H32N4OS/c1-29-21-4-2-20(3-5-21)22(26-16-10-18-6-12-24-13-7-18)23(28)27-17-11-19-8-14-25-15-9-19/h2-5,8-9,14-15,18,22,24,26H,6-7,10-13,16-17H2,1H3,(H,27,28). The molecule has 1 saturated heterocycles. The van der Waals surface area contributed by atoms with Crippen molar-refractivity contribution < 1.29 is 4.79 Å². The Balaban J connectivity index is 1.56. The molecule has 2 heterocycles. The average Bonchev–Trinajstić information content (AvgIpc) is 2.78. The number of benzene rings is 1. The molecule has 5 nitrogen and oxygen atoms in total. The van der Waals surface area contributed by atoms with Crippen molar-refractivity contribution in [3.63, 3.8) is 0 Å². The Morgan fingerprint density at radius 1 is 1.14 bits per heavy atom. The summed E-state index contributed by atoms with van der Waals surface area (Å²) >= 11 is 1.71. The topological polar surface area (TPSA) is 66.0 Å². The maximum Gasteiger partial charge on any atom is 0.241 e. The molecule has 1 atom stereocenters. The van der Waals surface area contributed by atoms with Crippen LogP contribution in [-0.4, -0.2) is 43.3 Å². The van der Waals surface area contributed by atoms with E-state index in [4.69, 9.17) is 0 Å². The van der Waals surface area contributed by atoms with Gasteiger partial charge in [0, 0.05) is 23.8 Å². The number of aromatic nitrogens is 1. The van der Waals surface area contributed by atoms with E-state index in [1.165, 1.54) is 23.3 Å². The van der Waals surface area contributed by atoms with E-state index in [9.17, 15) is 4.79 Å². The number of amides is 1. The second-order valence-corrected chi connectivity index (χ2v) is 8.42. The molecular formula is C23H32N4OS. The molecule has 3 N–H and O–H groups in total. The van der Waals surface area contributed by atoms with Gasteiger partial charge in [-0.25, -0.2) is 0 Å². The fourth-order valence-corrected chi connectivity index (χ4v) is 4.15. The number of nitrogens with one attached hydrogen (secondary N) is 3. The summed E-state index contributed by atoms with van der Waals surface area (Å²) in [6, 6.07) is 12.0. The van der Waals surface area contributed by atoms with Crippen LogP contribution in [0.2, 0.25) is 0 Å². The van der Waals surface area contributed by atoms with E-state index in [-0.39, 0.29) is 11.9 Å². The molecule has 1 aromatic carbocycles. The zero-order valence-corrected chi connectivity index (χ0v) is 18.0. The van der Waals surface area contributed by atoms with E-state index in [2.05, 4.69) is 51.5 Å². The van der Waals surface area contributed by atoms with Gasteiger partial charge in [-0.1, -0.05) is 12.1 Å². The molecule has 1 unspecified atom stereocenters. The van der Waals surface area contributed by atoms with Crippen LogP contribution in [0.4, 0.5) is 0 Å². The first-order valence-electron chi connectivity index (χ1n) is 10.5. The monoisotopic (exact) mass is 412 g/mol. The van der Waals surface area contributed by atoms with Crippen molar-refractivity contribution in [3.8, 4) is 0 Å². The Kier molecular flexibility index (Phi) is 8.99. The van der Waals surface area contributed by atoms with Gasteiger partial charge < -0.3 is 16.0 Å². The predicted molar refractivity (Wildman–Crippen MR) is 120 cm³/mol. The minimum atomic E-state index is -0.315. The lowest BCUT2D eigenvalue weighted by Crippen LogP contribution is -2.39. The van der Waals surface area contributed by atoms with Gasteiger partial charge in [-0.2, -0.15) is 0 Å². The zero-order chi connectivity index (χ0) is 20.3. The van der Waals surface area contributed by atoms with Crippen molar-refractivity contribution in [1.82, 2.24) is 20.9 Å². The second kappa shape index (κ2) is 12.0. The van der Waals surface area contributed by atoms with Crippen molar-refractivity contribution in [2.75, 3.05) is 32.4 Å². The van der Waals surface area contributed by atoms with E-state index in [1.54, 1.807) is 24.2 Å². The molecular weight excluding hydrogens is 380 g/mol. The highest BCUT2D eigenvalue weighted by atomic mass is 32.2. The Morgan fingerprint density at radius 2 is 1.86 bits per heavy atom. The van der Waals surface area contributed by atoms with Crippen LogP contribution in [0, 0.1) is 5.92 Å². The number of nitrogens with zero attached hydrogens (tertiary/aromatic N) is 1. The molecule has 3 rings (SSSR count). The van der Waals surface area contributed by atoms with Crippen LogP contribution in [0.15, 0.2) is 53.7 Å².